The standard InChI is InChI=1S/C14H16ClNO3/c1-9(2)13(14(18)19)16-12(17)8-5-10-3-6-11(15)7-4-10/h3-9,13H,1-2H3,(H,16,17)(H,18,19)/b8-5+/t13-/m0/s1. The second-order valence-electron chi connectivity index (χ2n) is 4.45. The van der Waals surface area contributed by atoms with E-state index in [2.05, 4.69) is 5.32 Å². The van der Waals surface area contributed by atoms with Crippen molar-refractivity contribution in [1.82, 2.24) is 5.32 Å². The molecule has 102 valence electrons. The van der Waals surface area contributed by atoms with Crippen molar-refractivity contribution < 1.29 is 14.7 Å². The zero-order chi connectivity index (χ0) is 14.4. The van der Waals surface area contributed by atoms with E-state index in [-0.39, 0.29) is 5.92 Å². The van der Waals surface area contributed by atoms with Crippen LogP contribution in [0.3, 0.4) is 0 Å². The Labute approximate surface area is 117 Å². The van der Waals surface area contributed by atoms with Crippen LogP contribution in [-0.4, -0.2) is 23.0 Å². The van der Waals surface area contributed by atoms with E-state index < -0.39 is 17.9 Å². The summed E-state index contributed by atoms with van der Waals surface area (Å²) in [6.45, 7) is 3.48. The lowest BCUT2D eigenvalue weighted by molar-refractivity contribution is -0.142. The molecule has 0 bridgehead atoms. The van der Waals surface area contributed by atoms with Gasteiger partial charge in [-0.05, 0) is 29.7 Å². The maximum atomic E-state index is 11.6. The molecule has 0 aliphatic rings. The highest BCUT2D eigenvalue weighted by molar-refractivity contribution is 6.30. The van der Waals surface area contributed by atoms with E-state index in [0.717, 1.165) is 5.56 Å². The lowest BCUT2D eigenvalue weighted by atomic mass is 10.0. The van der Waals surface area contributed by atoms with Crippen LogP contribution in [0, 0.1) is 5.92 Å². The number of carbonyl (C=O) groups is 2. The second-order valence-corrected chi connectivity index (χ2v) is 4.89. The molecule has 1 amide bonds. The lowest BCUT2D eigenvalue weighted by Gasteiger charge is -2.16. The number of rotatable bonds is 5. The molecule has 0 saturated heterocycles. The average molecular weight is 282 g/mol. The quantitative estimate of drug-likeness (QED) is 0.815. The summed E-state index contributed by atoms with van der Waals surface area (Å²) in [4.78, 5) is 22.5. The normalized spacial score (nSPS) is 12.6. The summed E-state index contributed by atoms with van der Waals surface area (Å²) in [5.41, 5.74) is 0.816. The zero-order valence-electron chi connectivity index (χ0n) is 10.8. The van der Waals surface area contributed by atoms with Crippen LogP contribution >= 0.6 is 11.6 Å². The Hall–Kier alpha value is -1.81. The number of hydrogen-bond acceptors (Lipinski definition) is 2. The molecule has 2 N–H and O–H groups in total. The van der Waals surface area contributed by atoms with Crippen molar-refractivity contribution in [3.05, 3.63) is 40.9 Å². The molecule has 1 aromatic carbocycles. The van der Waals surface area contributed by atoms with E-state index in [1.165, 1.54) is 6.08 Å². The van der Waals surface area contributed by atoms with Gasteiger partial charge in [-0.3, -0.25) is 4.79 Å². The third-order valence-corrected chi connectivity index (χ3v) is 2.78. The van der Waals surface area contributed by atoms with Gasteiger partial charge < -0.3 is 10.4 Å². The first-order valence-electron chi connectivity index (χ1n) is 5.87. The van der Waals surface area contributed by atoms with Crippen molar-refractivity contribution in [3.8, 4) is 0 Å². The number of carboxylic acid groups (broad SMARTS) is 1. The average Bonchev–Trinajstić information content (AvgIpc) is 2.34. The fourth-order valence-electron chi connectivity index (χ4n) is 1.46. The van der Waals surface area contributed by atoms with Gasteiger partial charge in [0.2, 0.25) is 5.91 Å². The highest BCUT2D eigenvalue weighted by Gasteiger charge is 2.22. The van der Waals surface area contributed by atoms with Crippen LogP contribution in [-0.2, 0) is 9.59 Å². The molecule has 0 spiro atoms. The van der Waals surface area contributed by atoms with E-state index in [0.29, 0.717) is 5.02 Å². The molecule has 0 heterocycles. The number of amides is 1. The monoisotopic (exact) mass is 281 g/mol. The van der Waals surface area contributed by atoms with Gasteiger partial charge in [-0.25, -0.2) is 4.79 Å². The fourth-order valence-corrected chi connectivity index (χ4v) is 1.59. The minimum absolute atomic E-state index is 0.176. The van der Waals surface area contributed by atoms with Crippen molar-refractivity contribution in [2.75, 3.05) is 0 Å². The van der Waals surface area contributed by atoms with Gasteiger partial charge in [-0.15, -0.1) is 0 Å². The van der Waals surface area contributed by atoms with Gasteiger partial charge in [0.15, 0.2) is 0 Å². The van der Waals surface area contributed by atoms with E-state index >= 15 is 0 Å². The predicted molar refractivity (Wildman–Crippen MR) is 74.9 cm³/mol. The molecule has 0 unspecified atom stereocenters. The molecular formula is C14H16ClNO3. The van der Waals surface area contributed by atoms with Gasteiger partial charge >= 0.3 is 5.97 Å². The number of benzene rings is 1. The Morgan fingerprint density at radius 2 is 1.84 bits per heavy atom. The summed E-state index contributed by atoms with van der Waals surface area (Å²) in [5.74, 6) is -1.65. The summed E-state index contributed by atoms with van der Waals surface area (Å²) < 4.78 is 0. The Morgan fingerprint density at radius 1 is 1.26 bits per heavy atom. The van der Waals surface area contributed by atoms with Crippen molar-refractivity contribution >= 4 is 29.6 Å². The zero-order valence-corrected chi connectivity index (χ0v) is 11.5. The summed E-state index contributed by atoms with van der Waals surface area (Å²) in [5, 5.41) is 12.0. The van der Waals surface area contributed by atoms with Crippen molar-refractivity contribution in [3.63, 3.8) is 0 Å². The van der Waals surface area contributed by atoms with Crippen LogP contribution in [0.4, 0.5) is 0 Å². The Balaban J connectivity index is 2.64. The Morgan fingerprint density at radius 3 is 2.32 bits per heavy atom. The summed E-state index contributed by atoms with van der Waals surface area (Å²) in [7, 11) is 0. The largest absolute Gasteiger partial charge is 0.480 e. The summed E-state index contributed by atoms with van der Waals surface area (Å²) in [6.07, 6.45) is 2.91. The van der Waals surface area contributed by atoms with Crippen molar-refractivity contribution in [2.24, 2.45) is 5.92 Å². The van der Waals surface area contributed by atoms with Gasteiger partial charge in [0.1, 0.15) is 6.04 Å². The molecule has 0 aromatic heterocycles. The van der Waals surface area contributed by atoms with Crippen molar-refractivity contribution in [1.29, 1.82) is 0 Å². The van der Waals surface area contributed by atoms with Gasteiger partial charge in [-0.1, -0.05) is 37.6 Å². The smallest absolute Gasteiger partial charge is 0.326 e. The first-order valence-corrected chi connectivity index (χ1v) is 6.25. The van der Waals surface area contributed by atoms with Gasteiger partial charge in [0, 0.05) is 11.1 Å². The first-order chi connectivity index (χ1) is 8.90. The molecule has 1 aromatic rings. The van der Waals surface area contributed by atoms with E-state index in [4.69, 9.17) is 16.7 Å². The number of aliphatic carboxylic acids is 1. The molecule has 1 atom stereocenters. The third kappa shape index (κ3) is 5.14. The minimum Gasteiger partial charge on any atom is -0.480 e. The Bertz CT molecular complexity index is 480. The van der Waals surface area contributed by atoms with E-state index in [1.54, 1.807) is 44.2 Å². The topological polar surface area (TPSA) is 66.4 Å². The second kappa shape index (κ2) is 6.95. The number of carbonyl (C=O) groups excluding carboxylic acids is 1. The van der Waals surface area contributed by atoms with Crippen LogP contribution < -0.4 is 5.32 Å². The first kappa shape index (κ1) is 15.2. The number of carboxylic acids is 1. The highest BCUT2D eigenvalue weighted by atomic mass is 35.5. The molecule has 0 fully saturated rings. The number of nitrogens with one attached hydrogen (secondary N) is 1. The summed E-state index contributed by atoms with van der Waals surface area (Å²) >= 11 is 5.74. The molecule has 4 nitrogen and oxygen atoms in total. The van der Waals surface area contributed by atoms with Gasteiger partial charge in [-0.2, -0.15) is 0 Å². The predicted octanol–water partition coefficient (Wildman–Crippen LogP) is 2.58. The number of hydrogen-bond donors (Lipinski definition) is 2. The molecule has 1 rings (SSSR count). The molecule has 0 aliphatic heterocycles. The molecule has 0 saturated carbocycles. The van der Waals surface area contributed by atoms with Crippen LogP contribution in [0.25, 0.3) is 6.08 Å². The van der Waals surface area contributed by atoms with Crippen LogP contribution in [0.5, 0.6) is 0 Å². The van der Waals surface area contributed by atoms with Gasteiger partial charge in [0.25, 0.3) is 0 Å². The van der Waals surface area contributed by atoms with Gasteiger partial charge in [0.05, 0.1) is 0 Å². The SMILES string of the molecule is CC(C)[C@H](NC(=O)/C=C/c1ccc(Cl)cc1)C(=O)O. The van der Waals surface area contributed by atoms with E-state index in [9.17, 15) is 9.59 Å². The Kier molecular flexibility index (Phi) is 5.57. The third-order valence-electron chi connectivity index (χ3n) is 2.53. The highest BCUT2D eigenvalue weighted by Crippen LogP contribution is 2.10. The van der Waals surface area contributed by atoms with Crippen LogP contribution in [0.15, 0.2) is 30.3 Å². The maximum absolute atomic E-state index is 11.6. The molecular weight excluding hydrogens is 266 g/mol. The molecule has 19 heavy (non-hydrogen) atoms. The lowest BCUT2D eigenvalue weighted by Crippen LogP contribution is -2.43. The van der Waals surface area contributed by atoms with E-state index in [1.807, 2.05) is 0 Å². The van der Waals surface area contributed by atoms with Crippen molar-refractivity contribution in [2.45, 2.75) is 19.9 Å². The summed E-state index contributed by atoms with van der Waals surface area (Å²) in [6, 6.07) is 6.08. The van der Waals surface area contributed by atoms with Crippen LogP contribution in [0.1, 0.15) is 19.4 Å². The minimum atomic E-state index is -1.04. The van der Waals surface area contributed by atoms with Crippen LogP contribution in [0.2, 0.25) is 5.02 Å². The molecule has 0 radical (unpaired) electrons. The maximum Gasteiger partial charge on any atom is 0.326 e. The fraction of sp³-hybridized carbons (Fsp3) is 0.286. The molecule has 5 heteroatoms. The number of halogens is 1. The molecule has 0 aliphatic carbocycles.